The summed E-state index contributed by atoms with van der Waals surface area (Å²) in [6, 6.07) is 16.4. The van der Waals surface area contributed by atoms with Gasteiger partial charge in [-0.25, -0.2) is 9.97 Å². The Bertz CT molecular complexity index is 1130. The second-order valence-electron chi connectivity index (χ2n) is 7.39. The lowest BCUT2D eigenvalue weighted by Gasteiger charge is -2.28. The molecule has 0 radical (unpaired) electrons. The van der Waals surface area contributed by atoms with Crippen LogP contribution < -0.4 is 10.2 Å². The molecular formula is C23H22ClN5. The van der Waals surface area contributed by atoms with Gasteiger partial charge in [0.1, 0.15) is 16.6 Å². The molecule has 6 heteroatoms. The number of aromatic nitrogens is 3. The Kier molecular flexibility index (Phi) is 4.82. The Morgan fingerprint density at radius 1 is 1.00 bits per heavy atom. The first kappa shape index (κ1) is 18.0. The highest BCUT2D eigenvalue weighted by molar-refractivity contribution is 6.29. The number of nitrogens with one attached hydrogen (secondary N) is 2. The van der Waals surface area contributed by atoms with Crippen molar-refractivity contribution in [2.75, 3.05) is 23.3 Å². The summed E-state index contributed by atoms with van der Waals surface area (Å²) in [6.45, 7) is 2.29. The van der Waals surface area contributed by atoms with Crippen LogP contribution in [0, 0.1) is 0 Å². The molecule has 3 aromatic heterocycles. The fraction of sp³-hybridized carbons (Fsp3) is 0.217. The molecule has 1 saturated heterocycles. The Balaban J connectivity index is 1.40. The number of aromatic amines is 1. The Morgan fingerprint density at radius 3 is 2.66 bits per heavy atom. The van der Waals surface area contributed by atoms with Gasteiger partial charge in [-0.1, -0.05) is 11.6 Å². The molecule has 0 aliphatic carbocycles. The highest BCUT2D eigenvalue weighted by atomic mass is 35.5. The number of nitrogens with zero attached hydrogens (tertiary/aromatic N) is 3. The second kappa shape index (κ2) is 7.76. The van der Waals surface area contributed by atoms with Crippen molar-refractivity contribution in [3.63, 3.8) is 0 Å². The van der Waals surface area contributed by atoms with Crippen LogP contribution in [0.4, 0.5) is 17.2 Å². The van der Waals surface area contributed by atoms with E-state index in [1.54, 1.807) is 6.20 Å². The summed E-state index contributed by atoms with van der Waals surface area (Å²) in [4.78, 5) is 14.5. The van der Waals surface area contributed by atoms with Crippen molar-refractivity contribution in [3.05, 3.63) is 66.1 Å². The van der Waals surface area contributed by atoms with Crippen LogP contribution in [0.2, 0.25) is 5.15 Å². The molecule has 0 unspecified atom stereocenters. The van der Waals surface area contributed by atoms with E-state index in [1.807, 2.05) is 24.4 Å². The van der Waals surface area contributed by atoms with Crippen LogP contribution >= 0.6 is 11.6 Å². The molecule has 4 aromatic rings. The highest BCUT2D eigenvalue weighted by Crippen LogP contribution is 2.31. The van der Waals surface area contributed by atoms with Gasteiger partial charge in [0, 0.05) is 47.8 Å². The number of H-pyrrole nitrogens is 1. The normalized spacial score (nSPS) is 14.3. The molecule has 0 saturated carbocycles. The van der Waals surface area contributed by atoms with E-state index in [2.05, 4.69) is 55.5 Å². The fourth-order valence-electron chi connectivity index (χ4n) is 3.97. The smallest absolute Gasteiger partial charge is 0.137 e. The molecular weight excluding hydrogens is 382 g/mol. The van der Waals surface area contributed by atoms with Crippen molar-refractivity contribution < 1.29 is 0 Å². The lowest BCUT2D eigenvalue weighted by Crippen LogP contribution is -2.29. The van der Waals surface area contributed by atoms with Crippen molar-refractivity contribution in [2.24, 2.45) is 0 Å². The molecule has 1 aromatic carbocycles. The Hall–Kier alpha value is -3.05. The first-order valence-corrected chi connectivity index (χ1v) is 10.4. The van der Waals surface area contributed by atoms with E-state index < -0.39 is 0 Å². The van der Waals surface area contributed by atoms with Crippen molar-refractivity contribution in [2.45, 2.75) is 19.3 Å². The van der Waals surface area contributed by atoms with E-state index in [0.29, 0.717) is 5.15 Å². The van der Waals surface area contributed by atoms with Crippen LogP contribution in [0.1, 0.15) is 19.3 Å². The predicted octanol–water partition coefficient (Wildman–Crippen LogP) is 6.01. The van der Waals surface area contributed by atoms with Gasteiger partial charge in [0.15, 0.2) is 0 Å². The average Bonchev–Trinajstić information content (AvgIpc) is 3.19. The zero-order valence-electron chi connectivity index (χ0n) is 16.0. The van der Waals surface area contributed by atoms with Crippen LogP contribution in [0.15, 0.2) is 60.9 Å². The summed E-state index contributed by atoms with van der Waals surface area (Å²) in [5.74, 6) is 0.719. The highest BCUT2D eigenvalue weighted by Gasteiger charge is 2.12. The number of benzene rings is 1. The number of rotatable bonds is 4. The van der Waals surface area contributed by atoms with E-state index in [9.17, 15) is 0 Å². The average molecular weight is 404 g/mol. The van der Waals surface area contributed by atoms with Gasteiger partial charge in [0.2, 0.25) is 0 Å². The predicted molar refractivity (Wildman–Crippen MR) is 120 cm³/mol. The Labute approximate surface area is 174 Å². The summed E-state index contributed by atoms with van der Waals surface area (Å²) >= 11 is 6.33. The Morgan fingerprint density at radius 2 is 1.83 bits per heavy atom. The number of hydrogen-bond acceptors (Lipinski definition) is 4. The molecule has 146 valence electrons. The quantitative estimate of drug-likeness (QED) is 0.409. The van der Waals surface area contributed by atoms with E-state index in [-0.39, 0.29) is 0 Å². The standard InChI is InChI=1S/C23H22ClN5/c24-21-13-16(20-15-26-23-19(20)5-4-10-25-23)14-22(28-21)27-17-6-8-18(9-7-17)29-11-2-1-3-12-29/h4-10,13-15H,1-3,11-12H2,(H,25,26)(H,27,28). The van der Waals surface area contributed by atoms with Crippen LogP contribution in [-0.4, -0.2) is 28.0 Å². The van der Waals surface area contributed by atoms with Crippen molar-refractivity contribution in [1.29, 1.82) is 0 Å². The third-order valence-corrected chi connectivity index (χ3v) is 5.61. The van der Waals surface area contributed by atoms with Crippen LogP contribution in [0.5, 0.6) is 0 Å². The number of pyridine rings is 2. The molecule has 1 aliphatic rings. The third kappa shape index (κ3) is 3.78. The molecule has 0 atom stereocenters. The number of hydrogen-bond donors (Lipinski definition) is 2. The zero-order chi connectivity index (χ0) is 19.6. The van der Waals surface area contributed by atoms with Gasteiger partial charge in [-0.05, 0) is 73.4 Å². The molecule has 4 heterocycles. The summed E-state index contributed by atoms with van der Waals surface area (Å²) in [5.41, 5.74) is 5.18. The largest absolute Gasteiger partial charge is 0.372 e. The molecule has 5 nitrogen and oxygen atoms in total. The zero-order valence-corrected chi connectivity index (χ0v) is 16.8. The monoisotopic (exact) mass is 403 g/mol. The summed E-state index contributed by atoms with van der Waals surface area (Å²) in [5, 5.41) is 4.90. The molecule has 0 spiro atoms. The van der Waals surface area contributed by atoms with Crippen LogP contribution in [-0.2, 0) is 0 Å². The minimum Gasteiger partial charge on any atom is -0.372 e. The minimum atomic E-state index is 0.452. The van der Waals surface area contributed by atoms with Crippen LogP contribution in [0.25, 0.3) is 22.2 Å². The lowest BCUT2D eigenvalue weighted by molar-refractivity contribution is 0.578. The number of halogens is 1. The maximum atomic E-state index is 6.33. The van der Waals surface area contributed by atoms with Crippen molar-refractivity contribution in [3.8, 4) is 11.1 Å². The van der Waals surface area contributed by atoms with E-state index in [1.165, 1.54) is 24.9 Å². The van der Waals surface area contributed by atoms with Crippen molar-refractivity contribution in [1.82, 2.24) is 15.0 Å². The summed E-state index contributed by atoms with van der Waals surface area (Å²) < 4.78 is 0. The van der Waals surface area contributed by atoms with E-state index in [4.69, 9.17) is 11.6 Å². The number of fused-ring (bicyclic) bond motifs is 1. The maximum absolute atomic E-state index is 6.33. The van der Waals surface area contributed by atoms with E-state index in [0.717, 1.165) is 46.8 Å². The van der Waals surface area contributed by atoms with Gasteiger partial charge >= 0.3 is 0 Å². The molecule has 2 N–H and O–H groups in total. The van der Waals surface area contributed by atoms with Gasteiger partial charge in [-0.3, -0.25) is 0 Å². The fourth-order valence-corrected chi connectivity index (χ4v) is 4.18. The summed E-state index contributed by atoms with van der Waals surface area (Å²) in [6.07, 6.45) is 7.63. The van der Waals surface area contributed by atoms with Gasteiger partial charge in [-0.15, -0.1) is 0 Å². The first-order valence-electron chi connectivity index (χ1n) is 9.98. The molecule has 29 heavy (non-hydrogen) atoms. The SMILES string of the molecule is Clc1cc(-c2c[nH]c3ncccc23)cc(Nc2ccc(N3CCCCC3)cc2)n1. The van der Waals surface area contributed by atoms with Gasteiger partial charge in [0.25, 0.3) is 0 Å². The first-order chi connectivity index (χ1) is 14.3. The van der Waals surface area contributed by atoms with Gasteiger partial charge in [0.05, 0.1) is 0 Å². The maximum Gasteiger partial charge on any atom is 0.137 e. The second-order valence-corrected chi connectivity index (χ2v) is 7.77. The topological polar surface area (TPSA) is 56.8 Å². The molecule has 0 amide bonds. The minimum absolute atomic E-state index is 0.452. The molecule has 1 aliphatic heterocycles. The molecule has 5 rings (SSSR count). The summed E-state index contributed by atoms with van der Waals surface area (Å²) in [7, 11) is 0. The van der Waals surface area contributed by atoms with Crippen molar-refractivity contribution >= 4 is 39.8 Å². The molecule has 1 fully saturated rings. The molecule has 0 bridgehead atoms. The van der Waals surface area contributed by atoms with Gasteiger partial charge < -0.3 is 15.2 Å². The lowest BCUT2D eigenvalue weighted by atomic mass is 10.1. The third-order valence-electron chi connectivity index (χ3n) is 5.42. The number of anilines is 3. The van der Waals surface area contributed by atoms with E-state index >= 15 is 0 Å². The van der Waals surface area contributed by atoms with Gasteiger partial charge in [-0.2, -0.15) is 0 Å². The van der Waals surface area contributed by atoms with Crippen LogP contribution in [0.3, 0.4) is 0 Å². The number of piperidine rings is 1.